The van der Waals surface area contributed by atoms with Gasteiger partial charge < -0.3 is 5.11 Å². The fourth-order valence-corrected chi connectivity index (χ4v) is 4.66. The van der Waals surface area contributed by atoms with E-state index >= 15 is 0 Å². The smallest absolute Gasteiger partial charge is 0.157 e. The molecule has 0 aliphatic heterocycles. The zero-order valence-electron chi connectivity index (χ0n) is 11.4. The lowest BCUT2D eigenvalue weighted by atomic mass is 9.86. The minimum absolute atomic E-state index is 0.0234. The molecule has 0 amide bonds. The zero-order valence-corrected chi connectivity index (χ0v) is 12.2. The molecule has 0 bridgehead atoms. The molecule has 1 aliphatic carbocycles. The van der Waals surface area contributed by atoms with Gasteiger partial charge >= 0.3 is 0 Å². The lowest BCUT2D eigenvalue weighted by Crippen LogP contribution is -2.39. The first-order valence-electron chi connectivity index (χ1n) is 6.87. The Morgan fingerprint density at radius 2 is 1.68 bits per heavy atom. The number of aliphatic hydroxyl groups is 1. The molecule has 1 saturated carbocycles. The maximum absolute atomic E-state index is 12.2. The van der Waals surface area contributed by atoms with Gasteiger partial charge in [0.05, 0.1) is 17.1 Å². The number of rotatable bonds is 4. The first-order chi connectivity index (χ1) is 8.89. The van der Waals surface area contributed by atoms with Crippen LogP contribution in [0, 0.1) is 6.92 Å². The van der Waals surface area contributed by atoms with Crippen LogP contribution >= 0.6 is 0 Å². The molecule has 4 heteroatoms. The molecule has 0 radical (unpaired) electrons. The van der Waals surface area contributed by atoms with Crippen LogP contribution in [0.15, 0.2) is 24.3 Å². The molecule has 0 atom stereocenters. The molecule has 19 heavy (non-hydrogen) atoms. The summed E-state index contributed by atoms with van der Waals surface area (Å²) in [6.45, 7) is 1.98. The number of aryl methyl sites for hydroxylation is 1. The second-order valence-electron chi connectivity index (χ2n) is 5.80. The number of sulfone groups is 1. The molecular formula is C15H22O3S. The predicted octanol–water partition coefficient (Wildman–Crippen LogP) is 2.61. The van der Waals surface area contributed by atoms with E-state index in [0.29, 0.717) is 12.8 Å². The largest absolute Gasteiger partial charge is 0.389 e. The van der Waals surface area contributed by atoms with Crippen molar-refractivity contribution < 1.29 is 13.5 Å². The van der Waals surface area contributed by atoms with Crippen molar-refractivity contribution >= 4 is 9.84 Å². The van der Waals surface area contributed by atoms with E-state index in [1.165, 1.54) is 0 Å². The van der Waals surface area contributed by atoms with Gasteiger partial charge in [0.15, 0.2) is 9.84 Å². The molecule has 0 spiro atoms. The van der Waals surface area contributed by atoms with Gasteiger partial charge in [0.2, 0.25) is 0 Å². The highest BCUT2D eigenvalue weighted by Gasteiger charge is 2.34. The molecule has 1 N–H and O–H groups in total. The molecule has 1 aliphatic rings. The van der Waals surface area contributed by atoms with Crippen molar-refractivity contribution in [3.8, 4) is 0 Å². The quantitative estimate of drug-likeness (QED) is 0.923. The van der Waals surface area contributed by atoms with Crippen molar-refractivity contribution in [2.24, 2.45) is 0 Å². The highest BCUT2D eigenvalue weighted by atomic mass is 32.2. The molecule has 0 aromatic heterocycles. The zero-order chi connectivity index (χ0) is 13.9. The molecule has 3 nitrogen and oxygen atoms in total. The molecule has 1 fully saturated rings. The maximum Gasteiger partial charge on any atom is 0.157 e. The second-order valence-corrected chi connectivity index (χ2v) is 7.87. The third kappa shape index (κ3) is 4.32. The molecule has 2 rings (SSSR count). The Morgan fingerprint density at radius 1 is 1.11 bits per heavy atom. The van der Waals surface area contributed by atoms with Crippen molar-refractivity contribution in [1.29, 1.82) is 0 Å². The summed E-state index contributed by atoms with van der Waals surface area (Å²) < 4.78 is 24.4. The Balaban J connectivity index is 2.04. The summed E-state index contributed by atoms with van der Waals surface area (Å²) in [5, 5.41) is 10.3. The third-order valence-electron chi connectivity index (χ3n) is 3.78. The van der Waals surface area contributed by atoms with Crippen LogP contribution in [0.1, 0.15) is 43.2 Å². The topological polar surface area (TPSA) is 54.4 Å². The van der Waals surface area contributed by atoms with Gasteiger partial charge in [0.1, 0.15) is 0 Å². The Kier molecular flexibility index (Phi) is 4.31. The van der Waals surface area contributed by atoms with Crippen molar-refractivity contribution in [1.82, 2.24) is 0 Å². The lowest BCUT2D eigenvalue weighted by molar-refractivity contribution is 0.0257. The number of hydrogen-bond donors (Lipinski definition) is 1. The van der Waals surface area contributed by atoms with E-state index in [2.05, 4.69) is 0 Å². The van der Waals surface area contributed by atoms with Gasteiger partial charge in [-0.15, -0.1) is 0 Å². The Hall–Kier alpha value is -0.870. The van der Waals surface area contributed by atoms with E-state index in [1.54, 1.807) is 0 Å². The molecular weight excluding hydrogens is 260 g/mol. The van der Waals surface area contributed by atoms with E-state index in [9.17, 15) is 13.5 Å². The van der Waals surface area contributed by atoms with Gasteiger partial charge in [-0.1, -0.05) is 49.1 Å². The van der Waals surface area contributed by atoms with Crippen molar-refractivity contribution in [3.63, 3.8) is 0 Å². The van der Waals surface area contributed by atoms with E-state index in [1.807, 2.05) is 31.2 Å². The summed E-state index contributed by atoms with van der Waals surface area (Å²) in [7, 11) is -3.26. The first-order valence-corrected chi connectivity index (χ1v) is 8.69. The van der Waals surface area contributed by atoms with Crippen LogP contribution in [0.3, 0.4) is 0 Å². The summed E-state index contributed by atoms with van der Waals surface area (Å²) in [5.41, 5.74) is 0.916. The van der Waals surface area contributed by atoms with E-state index in [0.717, 1.165) is 30.4 Å². The normalized spacial score (nSPS) is 19.3. The Morgan fingerprint density at radius 3 is 2.26 bits per heavy atom. The standard InChI is InChI=1S/C15H22O3S/c1-13-5-7-14(8-6-13)11-19(17,18)12-15(16)9-3-2-4-10-15/h5-8,16H,2-4,9-12H2,1H3. The maximum atomic E-state index is 12.2. The second kappa shape index (κ2) is 5.63. The highest BCUT2D eigenvalue weighted by Crippen LogP contribution is 2.30. The third-order valence-corrected chi connectivity index (χ3v) is 5.53. The van der Waals surface area contributed by atoms with Gasteiger partial charge in [-0.25, -0.2) is 8.42 Å². The molecule has 1 aromatic carbocycles. The first kappa shape index (κ1) is 14.5. The summed E-state index contributed by atoms with van der Waals surface area (Å²) in [4.78, 5) is 0. The van der Waals surface area contributed by atoms with Crippen LogP contribution in [0.2, 0.25) is 0 Å². The number of benzene rings is 1. The van der Waals surface area contributed by atoms with Crippen LogP contribution in [-0.2, 0) is 15.6 Å². The Labute approximate surface area is 115 Å². The van der Waals surface area contributed by atoms with E-state index in [-0.39, 0.29) is 11.5 Å². The van der Waals surface area contributed by atoms with Gasteiger partial charge in [0, 0.05) is 0 Å². The van der Waals surface area contributed by atoms with Gasteiger partial charge in [-0.3, -0.25) is 0 Å². The summed E-state index contributed by atoms with van der Waals surface area (Å²) in [5.74, 6) is -0.0799. The molecule has 0 heterocycles. The molecule has 0 saturated heterocycles. The average Bonchev–Trinajstić information content (AvgIpc) is 2.31. The van der Waals surface area contributed by atoms with Crippen LogP contribution in [0.25, 0.3) is 0 Å². The minimum atomic E-state index is -3.26. The van der Waals surface area contributed by atoms with E-state index < -0.39 is 15.4 Å². The summed E-state index contributed by atoms with van der Waals surface area (Å²) in [6, 6.07) is 7.52. The highest BCUT2D eigenvalue weighted by molar-refractivity contribution is 7.90. The Bertz CT molecular complexity index is 511. The summed E-state index contributed by atoms with van der Waals surface area (Å²) >= 11 is 0. The van der Waals surface area contributed by atoms with Crippen LogP contribution in [-0.4, -0.2) is 24.9 Å². The van der Waals surface area contributed by atoms with Crippen LogP contribution in [0.4, 0.5) is 0 Å². The molecule has 1 aromatic rings. The lowest BCUT2D eigenvalue weighted by Gasteiger charge is -2.31. The average molecular weight is 282 g/mol. The fourth-order valence-electron chi connectivity index (χ4n) is 2.75. The molecule has 106 valence electrons. The van der Waals surface area contributed by atoms with Crippen molar-refractivity contribution in [3.05, 3.63) is 35.4 Å². The number of hydrogen-bond acceptors (Lipinski definition) is 3. The van der Waals surface area contributed by atoms with Crippen LogP contribution in [0.5, 0.6) is 0 Å². The monoisotopic (exact) mass is 282 g/mol. The molecule has 0 unspecified atom stereocenters. The van der Waals surface area contributed by atoms with E-state index in [4.69, 9.17) is 0 Å². The van der Waals surface area contributed by atoms with Gasteiger partial charge in [-0.05, 0) is 25.3 Å². The summed E-state index contributed by atoms with van der Waals surface area (Å²) in [6.07, 6.45) is 4.17. The van der Waals surface area contributed by atoms with Crippen LogP contribution < -0.4 is 0 Å². The van der Waals surface area contributed by atoms with Gasteiger partial charge in [-0.2, -0.15) is 0 Å². The van der Waals surface area contributed by atoms with Gasteiger partial charge in [0.25, 0.3) is 0 Å². The predicted molar refractivity (Wildman–Crippen MR) is 76.7 cm³/mol. The fraction of sp³-hybridized carbons (Fsp3) is 0.600. The van der Waals surface area contributed by atoms with Crippen molar-refractivity contribution in [2.45, 2.75) is 50.4 Å². The SMILES string of the molecule is Cc1ccc(CS(=O)(=O)CC2(O)CCCCC2)cc1. The minimum Gasteiger partial charge on any atom is -0.389 e. The van der Waals surface area contributed by atoms with Crippen molar-refractivity contribution in [2.75, 3.05) is 5.75 Å².